The quantitative estimate of drug-likeness (QED) is 0.585. The largest absolute Gasteiger partial charge is 0.497 e. The van der Waals surface area contributed by atoms with E-state index < -0.39 is 11.9 Å². The molecular weight excluding hydrogens is 449 g/mol. The number of likely N-dealkylation sites (N-methyl/N-ethyl adjacent to an activating group) is 1. The van der Waals surface area contributed by atoms with Crippen molar-refractivity contribution in [3.05, 3.63) is 53.2 Å². The van der Waals surface area contributed by atoms with E-state index in [0.717, 1.165) is 11.3 Å². The van der Waals surface area contributed by atoms with Crippen LogP contribution in [0.2, 0.25) is 5.15 Å². The van der Waals surface area contributed by atoms with Gasteiger partial charge in [0.2, 0.25) is 0 Å². The van der Waals surface area contributed by atoms with Crippen LogP contribution in [0.3, 0.4) is 0 Å². The zero-order chi connectivity index (χ0) is 23.3. The molecule has 4 heterocycles. The van der Waals surface area contributed by atoms with Gasteiger partial charge < -0.3 is 19.6 Å². The fourth-order valence-corrected chi connectivity index (χ4v) is 4.84. The molecule has 0 unspecified atom stereocenters. The number of hydrogen-bond acceptors (Lipinski definition) is 7. The molecule has 0 spiro atoms. The lowest BCUT2D eigenvalue weighted by Crippen LogP contribution is -2.65. The minimum absolute atomic E-state index is 0.0813. The first-order chi connectivity index (χ1) is 15.9. The van der Waals surface area contributed by atoms with Crippen molar-refractivity contribution in [1.29, 1.82) is 0 Å². The van der Waals surface area contributed by atoms with Crippen molar-refractivity contribution < 1.29 is 19.0 Å². The maximum absolute atomic E-state index is 14.7. The Balaban J connectivity index is 1.53. The number of aliphatic hydroxyl groups excluding tert-OH is 1. The van der Waals surface area contributed by atoms with E-state index in [9.17, 15) is 14.3 Å². The Morgan fingerprint density at radius 2 is 1.97 bits per heavy atom. The summed E-state index contributed by atoms with van der Waals surface area (Å²) < 4.78 is 19.9. The summed E-state index contributed by atoms with van der Waals surface area (Å²) in [6, 6.07) is 7.01. The summed E-state index contributed by atoms with van der Waals surface area (Å²) in [5, 5.41) is 10.4. The summed E-state index contributed by atoms with van der Waals surface area (Å²) in [6.07, 6.45) is 2.98. The zero-order valence-electron chi connectivity index (χ0n) is 18.2. The van der Waals surface area contributed by atoms with E-state index in [0.29, 0.717) is 36.4 Å². The predicted octanol–water partition coefficient (Wildman–Crippen LogP) is 2.46. The molecular formula is C23H23ClFN5O3. The highest BCUT2D eigenvalue weighted by atomic mass is 35.5. The number of pyridine rings is 2. The highest BCUT2D eigenvalue weighted by Crippen LogP contribution is 2.42. The summed E-state index contributed by atoms with van der Waals surface area (Å²) in [7, 11) is 3.31. The van der Waals surface area contributed by atoms with Crippen LogP contribution in [-0.2, 0) is 11.3 Å². The van der Waals surface area contributed by atoms with Gasteiger partial charge in [-0.2, -0.15) is 0 Å². The summed E-state index contributed by atoms with van der Waals surface area (Å²) in [5.74, 6) is -0.00325. The Bertz CT molecular complexity index is 1220. The average molecular weight is 472 g/mol. The minimum atomic E-state index is -0.690. The van der Waals surface area contributed by atoms with Gasteiger partial charge in [0.05, 0.1) is 37.3 Å². The third-order valence-corrected chi connectivity index (χ3v) is 6.76. The predicted molar refractivity (Wildman–Crippen MR) is 123 cm³/mol. The van der Waals surface area contributed by atoms with E-state index in [1.165, 1.54) is 12.4 Å². The lowest BCUT2D eigenvalue weighted by molar-refractivity contribution is -0.121. The van der Waals surface area contributed by atoms with Crippen molar-refractivity contribution in [1.82, 2.24) is 14.9 Å². The van der Waals surface area contributed by atoms with Gasteiger partial charge in [-0.3, -0.25) is 14.7 Å². The maximum Gasteiger partial charge on any atom is 0.250 e. The number of methoxy groups -OCH3 is 1. The number of carbonyl (C=O) groups excluding carboxylic acids is 1. The molecule has 33 heavy (non-hydrogen) atoms. The van der Waals surface area contributed by atoms with Crippen molar-refractivity contribution >= 4 is 39.8 Å². The topological polar surface area (TPSA) is 82.0 Å². The first-order valence-electron chi connectivity index (χ1n) is 10.6. The Labute approximate surface area is 195 Å². The van der Waals surface area contributed by atoms with E-state index in [1.807, 2.05) is 29.2 Å². The van der Waals surface area contributed by atoms with Crippen LogP contribution >= 0.6 is 11.6 Å². The molecule has 2 aliphatic rings. The van der Waals surface area contributed by atoms with E-state index in [-0.39, 0.29) is 29.2 Å². The molecule has 0 bridgehead atoms. The SMILES string of the molecule is COc1ccc(CN2C[C@H]3C(=O)N(C)c4cnc5c(F)c(Cl)ncc5c4N3C[C@@H]2CO)cc1. The molecule has 3 aromatic rings. The van der Waals surface area contributed by atoms with Crippen LogP contribution in [0.1, 0.15) is 5.56 Å². The molecule has 172 valence electrons. The summed E-state index contributed by atoms with van der Waals surface area (Å²) in [5.41, 5.74) is 2.41. The lowest BCUT2D eigenvalue weighted by Gasteiger charge is -2.50. The van der Waals surface area contributed by atoms with Crippen LogP contribution in [-0.4, -0.2) is 71.8 Å². The molecule has 1 N–H and O–H groups in total. The molecule has 8 nitrogen and oxygen atoms in total. The minimum Gasteiger partial charge on any atom is -0.497 e. The molecule has 1 saturated heterocycles. The molecule has 1 amide bonds. The van der Waals surface area contributed by atoms with Gasteiger partial charge in [-0.25, -0.2) is 9.37 Å². The number of carbonyl (C=O) groups is 1. The standard InChI is InChI=1S/C23H23ClFN5O3/c1-28-17-8-26-20-16(7-27-22(24)19(20)25)21(17)30-10-14(12-31)29(11-18(30)23(28)32)9-13-3-5-15(33-2)6-4-13/h3-8,14,18,31H,9-12H2,1-2H3/t14-,18+/m1/s1. The number of hydrogen-bond donors (Lipinski definition) is 1. The van der Waals surface area contributed by atoms with Crippen LogP contribution in [0.4, 0.5) is 15.8 Å². The third-order valence-electron chi connectivity index (χ3n) is 6.49. The van der Waals surface area contributed by atoms with E-state index in [2.05, 4.69) is 14.9 Å². The molecule has 2 atom stereocenters. The number of piperazine rings is 1. The second kappa shape index (κ2) is 8.40. The Kier molecular flexibility index (Phi) is 5.55. The van der Waals surface area contributed by atoms with Crippen molar-refractivity contribution in [3.8, 4) is 5.75 Å². The smallest absolute Gasteiger partial charge is 0.250 e. The van der Waals surface area contributed by atoms with Crippen LogP contribution in [0.25, 0.3) is 10.9 Å². The number of rotatable bonds is 4. The van der Waals surface area contributed by atoms with Gasteiger partial charge in [0.1, 0.15) is 17.3 Å². The highest BCUT2D eigenvalue weighted by Gasteiger charge is 2.44. The Morgan fingerprint density at radius 1 is 1.21 bits per heavy atom. The second-order valence-electron chi connectivity index (χ2n) is 8.30. The van der Waals surface area contributed by atoms with Crippen LogP contribution in [0.15, 0.2) is 36.7 Å². The zero-order valence-corrected chi connectivity index (χ0v) is 19.0. The molecule has 10 heteroatoms. The average Bonchev–Trinajstić information content (AvgIpc) is 2.84. The van der Waals surface area contributed by atoms with E-state index in [4.69, 9.17) is 16.3 Å². The van der Waals surface area contributed by atoms with Crippen LogP contribution in [0.5, 0.6) is 5.75 Å². The maximum atomic E-state index is 14.7. The summed E-state index contributed by atoms with van der Waals surface area (Å²) in [4.78, 5) is 27.1. The van der Waals surface area contributed by atoms with E-state index >= 15 is 0 Å². The molecule has 2 aliphatic heterocycles. The molecule has 1 aromatic carbocycles. The molecule has 0 radical (unpaired) electrons. The molecule has 0 aliphatic carbocycles. The summed E-state index contributed by atoms with van der Waals surface area (Å²) >= 11 is 5.87. The van der Waals surface area contributed by atoms with Gasteiger partial charge in [-0.1, -0.05) is 23.7 Å². The number of aromatic nitrogens is 2. The number of ether oxygens (including phenoxy) is 1. The van der Waals surface area contributed by atoms with Gasteiger partial charge in [0.25, 0.3) is 5.91 Å². The number of amides is 1. The van der Waals surface area contributed by atoms with Gasteiger partial charge in [-0.05, 0) is 17.7 Å². The first-order valence-corrected chi connectivity index (χ1v) is 11.0. The third kappa shape index (κ3) is 3.56. The van der Waals surface area contributed by atoms with Gasteiger partial charge in [-0.15, -0.1) is 0 Å². The van der Waals surface area contributed by atoms with Gasteiger partial charge in [0.15, 0.2) is 11.0 Å². The Morgan fingerprint density at radius 3 is 2.67 bits per heavy atom. The molecule has 1 fully saturated rings. The van der Waals surface area contributed by atoms with Crippen molar-refractivity contribution in [2.75, 3.05) is 43.7 Å². The number of aliphatic hydroxyl groups is 1. The second-order valence-corrected chi connectivity index (χ2v) is 8.65. The number of anilines is 2. The van der Waals surface area contributed by atoms with Gasteiger partial charge >= 0.3 is 0 Å². The fraction of sp³-hybridized carbons (Fsp3) is 0.348. The fourth-order valence-electron chi connectivity index (χ4n) is 4.70. The monoisotopic (exact) mass is 471 g/mol. The van der Waals surface area contributed by atoms with Crippen molar-refractivity contribution in [3.63, 3.8) is 0 Å². The first kappa shape index (κ1) is 21.8. The summed E-state index contributed by atoms with van der Waals surface area (Å²) in [6.45, 7) is 1.30. The van der Waals surface area contributed by atoms with E-state index in [1.54, 1.807) is 19.1 Å². The Hall–Kier alpha value is -3.01. The van der Waals surface area contributed by atoms with Gasteiger partial charge in [0, 0.05) is 38.3 Å². The lowest BCUT2D eigenvalue weighted by atomic mass is 9.98. The van der Waals surface area contributed by atoms with Crippen LogP contribution < -0.4 is 14.5 Å². The van der Waals surface area contributed by atoms with Crippen molar-refractivity contribution in [2.45, 2.75) is 18.6 Å². The van der Waals surface area contributed by atoms with Crippen LogP contribution in [0, 0.1) is 5.82 Å². The molecule has 2 aromatic heterocycles. The number of benzene rings is 1. The number of fused-ring (bicyclic) bond motifs is 5. The molecule has 0 saturated carbocycles. The number of halogens is 2. The van der Waals surface area contributed by atoms with Crippen molar-refractivity contribution in [2.24, 2.45) is 0 Å². The highest BCUT2D eigenvalue weighted by molar-refractivity contribution is 6.30. The molecule has 5 rings (SSSR count). The normalized spacial score (nSPS) is 20.7. The number of nitrogens with zero attached hydrogens (tertiary/aromatic N) is 5.